The van der Waals surface area contributed by atoms with Crippen molar-refractivity contribution in [1.82, 2.24) is 9.97 Å². The van der Waals surface area contributed by atoms with Gasteiger partial charge in [-0.15, -0.1) is 0 Å². The number of aromatic nitrogens is 2. The van der Waals surface area contributed by atoms with E-state index in [4.69, 9.17) is 4.74 Å². The fourth-order valence-corrected chi connectivity index (χ4v) is 1.99. The molecule has 2 N–H and O–H groups in total. The maximum absolute atomic E-state index is 5.34. The Labute approximate surface area is 102 Å². The molecule has 1 aliphatic heterocycles. The van der Waals surface area contributed by atoms with Gasteiger partial charge in [0.2, 0.25) is 0 Å². The minimum absolute atomic E-state index is 0.692. The second-order valence-corrected chi connectivity index (χ2v) is 4.37. The number of rotatable bonds is 4. The van der Waals surface area contributed by atoms with Crippen molar-refractivity contribution in [2.45, 2.75) is 19.8 Å². The van der Waals surface area contributed by atoms with E-state index in [2.05, 4.69) is 20.6 Å². The van der Waals surface area contributed by atoms with Crippen molar-refractivity contribution >= 4 is 11.6 Å². The highest BCUT2D eigenvalue weighted by atomic mass is 16.5. The zero-order chi connectivity index (χ0) is 12.1. The maximum atomic E-state index is 5.34. The molecular weight excluding hydrogens is 216 g/mol. The highest BCUT2D eigenvalue weighted by Crippen LogP contribution is 2.16. The molecule has 2 heterocycles. The molecule has 0 saturated carbocycles. The molecule has 17 heavy (non-hydrogen) atoms. The van der Waals surface area contributed by atoms with E-state index >= 15 is 0 Å². The number of nitrogens with zero attached hydrogens (tertiary/aromatic N) is 2. The monoisotopic (exact) mass is 236 g/mol. The third-order valence-electron chi connectivity index (χ3n) is 3.01. The lowest BCUT2D eigenvalue weighted by atomic mass is 10.0. The Morgan fingerprint density at radius 3 is 2.71 bits per heavy atom. The van der Waals surface area contributed by atoms with Crippen LogP contribution >= 0.6 is 0 Å². The summed E-state index contributed by atoms with van der Waals surface area (Å²) in [5.41, 5.74) is 0. The lowest BCUT2D eigenvalue weighted by Gasteiger charge is -2.22. The van der Waals surface area contributed by atoms with Gasteiger partial charge in [-0.1, -0.05) is 0 Å². The second kappa shape index (κ2) is 5.82. The van der Waals surface area contributed by atoms with Crippen LogP contribution in [0.5, 0.6) is 0 Å². The molecule has 0 unspecified atom stereocenters. The summed E-state index contributed by atoms with van der Waals surface area (Å²) < 4.78 is 5.34. The van der Waals surface area contributed by atoms with E-state index in [1.807, 2.05) is 20.0 Å². The molecule has 2 rings (SSSR count). The van der Waals surface area contributed by atoms with Gasteiger partial charge in [-0.3, -0.25) is 0 Å². The Hall–Kier alpha value is -1.36. The van der Waals surface area contributed by atoms with Crippen molar-refractivity contribution in [3.63, 3.8) is 0 Å². The Morgan fingerprint density at radius 1 is 1.29 bits per heavy atom. The van der Waals surface area contributed by atoms with Gasteiger partial charge in [0.25, 0.3) is 0 Å². The molecule has 5 nitrogen and oxygen atoms in total. The van der Waals surface area contributed by atoms with Crippen LogP contribution in [0.25, 0.3) is 0 Å². The summed E-state index contributed by atoms with van der Waals surface area (Å²) in [5, 5.41) is 6.42. The van der Waals surface area contributed by atoms with Gasteiger partial charge in [-0.25, -0.2) is 9.97 Å². The van der Waals surface area contributed by atoms with Crippen LogP contribution in [-0.4, -0.2) is 36.8 Å². The molecule has 0 spiro atoms. The molecule has 1 aromatic heterocycles. The van der Waals surface area contributed by atoms with Crippen LogP contribution in [-0.2, 0) is 4.74 Å². The highest BCUT2D eigenvalue weighted by molar-refractivity contribution is 5.47. The summed E-state index contributed by atoms with van der Waals surface area (Å²) >= 11 is 0. The molecule has 0 amide bonds. The minimum Gasteiger partial charge on any atom is -0.381 e. The largest absolute Gasteiger partial charge is 0.381 e. The van der Waals surface area contributed by atoms with Crippen molar-refractivity contribution in [2.24, 2.45) is 5.92 Å². The summed E-state index contributed by atoms with van der Waals surface area (Å²) in [6.45, 7) is 4.64. The summed E-state index contributed by atoms with van der Waals surface area (Å²) in [4.78, 5) is 8.64. The minimum atomic E-state index is 0.692. The summed E-state index contributed by atoms with van der Waals surface area (Å²) in [6.07, 6.45) is 2.27. The van der Waals surface area contributed by atoms with Crippen molar-refractivity contribution in [2.75, 3.05) is 37.4 Å². The first-order chi connectivity index (χ1) is 8.28. The number of anilines is 2. The van der Waals surface area contributed by atoms with Crippen LogP contribution in [0.15, 0.2) is 6.07 Å². The predicted octanol–water partition coefficient (Wildman–Crippen LogP) is 1.67. The van der Waals surface area contributed by atoms with Crippen LogP contribution in [0, 0.1) is 12.8 Å². The first kappa shape index (κ1) is 12.1. The second-order valence-electron chi connectivity index (χ2n) is 4.37. The van der Waals surface area contributed by atoms with Crippen LogP contribution in [0.3, 0.4) is 0 Å². The van der Waals surface area contributed by atoms with Gasteiger partial charge in [0.1, 0.15) is 17.5 Å². The maximum Gasteiger partial charge on any atom is 0.131 e. The van der Waals surface area contributed by atoms with Gasteiger partial charge in [0.05, 0.1) is 0 Å². The standard InChI is InChI=1S/C12H20N4O/c1-9-15-11(13-2)7-12(16-9)14-8-10-3-5-17-6-4-10/h7,10H,3-6,8H2,1-2H3,(H2,13,14,15,16). The third-order valence-corrected chi connectivity index (χ3v) is 3.01. The summed E-state index contributed by atoms with van der Waals surface area (Å²) in [6, 6.07) is 1.94. The van der Waals surface area contributed by atoms with E-state index in [0.29, 0.717) is 5.92 Å². The fourth-order valence-electron chi connectivity index (χ4n) is 1.99. The zero-order valence-corrected chi connectivity index (χ0v) is 10.5. The molecule has 1 fully saturated rings. The molecule has 5 heteroatoms. The SMILES string of the molecule is CNc1cc(NCC2CCOCC2)nc(C)n1. The van der Waals surface area contributed by atoms with Crippen LogP contribution in [0.4, 0.5) is 11.6 Å². The number of aryl methyl sites for hydroxylation is 1. The number of ether oxygens (including phenoxy) is 1. The van der Waals surface area contributed by atoms with Gasteiger partial charge in [0.15, 0.2) is 0 Å². The van der Waals surface area contributed by atoms with Gasteiger partial charge >= 0.3 is 0 Å². The average Bonchev–Trinajstić information content (AvgIpc) is 2.37. The fraction of sp³-hybridized carbons (Fsp3) is 0.667. The van der Waals surface area contributed by atoms with Crippen molar-refractivity contribution in [3.05, 3.63) is 11.9 Å². The Balaban J connectivity index is 1.91. The first-order valence-corrected chi connectivity index (χ1v) is 6.13. The summed E-state index contributed by atoms with van der Waals surface area (Å²) in [7, 11) is 1.87. The molecule has 0 bridgehead atoms. The Morgan fingerprint density at radius 2 is 2.00 bits per heavy atom. The molecule has 1 saturated heterocycles. The molecular formula is C12H20N4O. The van der Waals surface area contributed by atoms with E-state index in [0.717, 1.165) is 50.1 Å². The van der Waals surface area contributed by atoms with E-state index in [9.17, 15) is 0 Å². The van der Waals surface area contributed by atoms with Crippen LogP contribution in [0.1, 0.15) is 18.7 Å². The smallest absolute Gasteiger partial charge is 0.131 e. The van der Waals surface area contributed by atoms with E-state index in [-0.39, 0.29) is 0 Å². The normalized spacial score (nSPS) is 16.8. The quantitative estimate of drug-likeness (QED) is 0.832. The Kier molecular flexibility index (Phi) is 4.14. The Bertz CT molecular complexity index is 364. The number of nitrogens with one attached hydrogen (secondary N) is 2. The lowest BCUT2D eigenvalue weighted by molar-refractivity contribution is 0.0699. The van der Waals surface area contributed by atoms with E-state index < -0.39 is 0 Å². The number of hydrogen-bond donors (Lipinski definition) is 2. The van der Waals surface area contributed by atoms with Crippen molar-refractivity contribution < 1.29 is 4.74 Å². The molecule has 0 aliphatic carbocycles. The highest BCUT2D eigenvalue weighted by Gasteiger charge is 2.13. The lowest BCUT2D eigenvalue weighted by Crippen LogP contribution is -2.23. The number of hydrogen-bond acceptors (Lipinski definition) is 5. The van der Waals surface area contributed by atoms with Crippen molar-refractivity contribution in [1.29, 1.82) is 0 Å². The molecule has 0 radical (unpaired) electrons. The average molecular weight is 236 g/mol. The zero-order valence-electron chi connectivity index (χ0n) is 10.5. The third kappa shape index (κ3) is 3.56. The summed E-state index contributed by atoms with van der Waals surface area (Å²) in [5.74, 6) is 3.23. The topological polar surface area (TPSA) is 59.1 Å². The molecule has 0 aromatic carbocycles. The van der Waals surface area contributed by atoms with Gasteiger partial charge < -0.3 is 15.4 Å². The molecule has 94 valence electrons. The van der Waals surface area contributed by atoms with Gasteiger partial charge in [0, 0.05) is 32.9 Å². The first-order valence-electron chi connectivity index (χ1n) is 6.13. The van der Waals surface area contributed by atoms with Crippen LogP contribution < -0.4 is 10.6 Å². The molecule has 1 aromatic rings. The van der Waals surface area contributed by atoms with E-state index in [1.54, 1.807) is 0 Å². The van der Waals surface area contributed by atoms with Gasteiger partial charge in [-0.05, 0) is 25.7 Å². The van der Waals surface area contributed by atoms with E-state index in [1.165, 1.54) is 0 Å². The van der Waals surface area contributed by atoms with Crippen LogP contribution in [0.2, 0.25) is 0 Å². The molecule has 1 aliphatic rings. The van der Waals surface area contributed by atoms with Gasteiger partial charge in [-0.2, -0.15) is 0 Å². The van der Waals surface area contributed by atoms with Crippen molar-refractivity contribution in [3.8, 4) is 0 Å². The molecule has 0 atom stereocenters. The predicted molar refractivity (Wildman–Crippen MR) is 68.3 cm³/mol.